The quantitative estimate of drug-likeness (QED) is 0.171. The lowest BCUT2D eigenvalue weighted by Crippen LogP contribution is -2.61. The lowest BCUT2D eigenvalue weighted by atomic mass is 10.0. The van der Waals surface area contributed by atoms with Gasteiger partial charge in [0.1, 0.15) is 6.23 Å². The number of amides is 1. The molecule has 0 bridgehead atoms. The molecule has 12 heavy (non-hydrogen) atoms. The number of carbonyl (C=O) groups is 1. The second-order valence-electron chi connectivity index (χ2n) is 2.86. The normalized spacial score (nSPS) is 36.1. The van der Waals surface area contributed by atoms with Crippen molar-refractivity contribution in [2.24, 2.45) is 11.8 Å². The predicted molar refractivity (Wildman–Crippen MR) is 42.4 cm³/mol. The molecule has 6 nitrogen and oxygen atoms in total. The summed E-state index contributed by atoms with van der Waals surface area (Å²) in [6.07, 6.45) is -0.813. The molecular weight excluding hydrogens is 160 g/mol. The largest absolute Gasteiger partial charge is 0.378 e. The van der Waals surface area contributed by atoms with E-state index < -0.39 is 12.1 Å². The predicted octanol–water partition coefficient (Wildman–Crippen LogP) is -2.55. The lowest BCUT2D eigenvalue weighted by Gasteiger charge is -2.32. The van der Waals surface area contributed by atoms with Crippen molar-refractivity contribution in [1.29, 1.82) is 0 Å². The maximum atomic E-state index is 11.0. The molecule has 3 atom stereocenters. The summed E-state index contributed by atoms with van der Waals surface area (Å²) in [6, 6.07) is 0. The van der Waals surface area contributed by atoms with Crippen molar-refractivity contribution in [1.82, 2.24) is 16.1 Å². The van der Waals surface area contributed by atoms with Gasteiger partial charge in [0.2, 0.25) is 5.91 Å². The Morgan fingerprint density at radius 3 is 2.92 bits per heavy atom. The van der Waals surface area contributed by atoms with Crippen LogP contribution in [0.2, 0.25) is 0 Å². The topological polar surface area (TPSA) is 99.4 Å². The van der Waals surface area contributed by atoms with Crippen LogP contribution in [0.5, 0.6) is 0 Å². The minimum atomic E-state index is -0.829. The van der Waals surface area contributed by atoms with Gasteiger partial charge in [-0.25, -0.2) is 5.84 Å². The van der Waals surface area contributed by atoms with Crippen LogP contribution in [0.3, 0.4) is 0 Å². The molecule has 1 fully saturated rings. The zero-order valence-electron chi connectivity index (χ0n) is 6.87. The van der Waals surface area contributed by atoms with Gasteiger partial charge in [0.05, 0.1) is 12.1 Å². The van der Waals surface area contributed by atoms with Crippen molar-refractivity contribution in [3.05, 3.63) is 0 Å². The molecule has 1 aliphatic rings. The summed E-state index contributed by atoms with van der Waals surface area (Å²) in [5.74, 6) is 4.05. The third-order valence-corrected chi connectivity index (χ3v) is 1.92. The Morgan fingerprint density at radius 2 is 2.42 bits per heavy atom. The maximum absolute atomic E-state index is 11.0. The molecule has 6 heteroatoms. The summed E-state index contributed by atoms with van der Waals surface area (Å²) in [7, 11) is 0. The number of aliphatic hydroxyl groups is 1. The first-order valence-corrected chi connectivity index (χ1v) is 3.83. The number of hydrogen-bond acceptors (Lipinski definition) is 5. The molecule has 3 unspecified atom stereocenters. The summed E-state index contributed by atoms with van der Waals surface area (Å²) < 4.78 is 0. The van der Waals surface area contributed by atoms with Gasteiger partial charge in [0.15, 0.2) is 0 Å². The number of rotatable bonds is 1. The summed E-state index contributed by atoms with van der Waals surface area (Å²) in [6.45, 7) is 2.29. The second-order valence-corrected chi connectivity index (χ2v) is 2.86. The fourth-order valence-electron chi connectivity index (χ4n) is 1.19. The first-order valence-electron chi connectivity index (χ1n) is 3.83. The zero-order chi connectivity index (χ0) is 9.14. The monoisotopic (exact) mass is 174 g/mol. The molecule has 1 rings (SSSR count). The smallest absolute Gasteiger partial charge is 0.242 e. The van der Waals surface area contributed by atoms with Crippen LogP contribution >= 0.6 is 0 Å². The summed E-state index contributed by atoms with van der Waals surface area (Å²) in [5.41, 5.74) is 2.00. The minimum Gasteiger partial charge on any atom is -0.378 e. The first-order chi connectivity index (χ1) is 5.65. The Balaban J connectivity index is 2.50. The lowest BCUT2D eigenvalue weighted by molar-refractivity contribution is -0.131. The van der Waals surface area contributed by atoms with E-state index >= 15 is 0 Å². The number of carbonyl (C=O) groups excluding carboxylic acids is 1. The zero-order valence-corrected chi connectivity index (χ0v) is 6.87. The molecule has 0 aromatic rings. The molecule has 70 valence electrons. The first kappa shape index (κ1) is 9.40. The maximum Gasteiger partial charge on any atom is 0.242 e. The number of hydrogen-bond donors (Lipinski definition) is 5. The molecule has 1 heterocycles. The number of aliphatic hydroxyl groups excluding tert-OH is 1. The highest BCUT2D eigenvalue weighted by Gasteiger charge is 2.30. The van der Waals surface area contributed by atoms with Gasteiger partial charge in [-0.1, -0.05) is 0 Å². The van der Waals surface area contributed by atoms with Crippen molar-refractivity contribution in [3.8, 4) is 0 Å². The summed E-state index contributed by atoms with van der Waals surface area (Å²) in [4.78, 5) is 11.0. The van der Waals surface area contributed by atoms with Crippen LogP contribution in [0.4, 0.5) is 0 Å². The molecule has 0 aliphatic carbocycles. The van der Waals surface area contributed by atoms with Crippen molar-refractivity contribution < 1.29 is 9.90 Å². The van der Waals surface area contributed by atoms with Gasteiger partial charge in [-0.05, 0) is 6.92 Å². The van der Waals surface area contributed by atoms with E-state index in [1.54, 1.807) is 0 Å². The van der Waals surface area contributed by atoms with Crippen molar-refractivity contribution >= 4 is 5.91 Å². The van der Waals surface area contributed by atoms with Crippen LogP contribution in [0.1, 0.15) is 6.92 Å². The molecule has 1 saturated heterocycles. The SMILES string of the molecule is CC1NCC(C(=O)NN)C(O)N1. The van der Waals surface area contributed by atoms with E-state index in [0.29, 0.717) is 6.54 Å². The number of nitrogens with one attached hydrogen (secondary N) is 3. The number of nitrogens with two attached hydrogens (primary N) is 1. The third-order valence-electron chi connectivity index (χ3n) is 1.92. The van der Waals surface area contributed by atoms with Crippen LogP contribution in [-0.2, 0) is 4.79 Å². The standard InChI is InChI=1S/C6H14N4O2/c1-3-8-2-4(5(11)9-3)6(12)10-7/h3-5,8-9,11H,2,7H2,1H3,(H,10,12). The van der Waals surface area contributed by atoms with E-state index in [2.05, 4.69) is 10.6 Å². The molecule has 0 aromatic heterocycles. The average Bonchev–Trinajstić information content (AvgIpc) is 2.03. The van der Waals surface area contributed by atoms with Crippen LogP contribution in [-0.4, -0.2) is 30.0 Å². The van der Waals surface area contributed by atoms with Crippen molar-refractivity contribution in [3.63, 3.8) is 0 Å². The van der Waals surface area contributed by atoms with Crippen LogP contribution < -0.4 is 21.9 Å². The van der Waals surface area contributed by atoms with Gasteiger partial charge in [-0.2, -0.15) is 0 Å². The highest BCUT2D eigenvalue weighted by atomic mass is 16.3. The van der Waals surface area contributed by atoms with Gasteiger partial charge < -0.3 is 10.4 Å². The van der Waals surface area contributed by atoms with E-state index in [9.17, 15) is 9.90 Å². The van der Waals surface area contributed by atoms with Crippen LogP contribution in [0.25, 0.3) is 0 Å². The van der Waals surface area contributed by atoms with Crippen molar-refractivity contribution in [2.45, 2.75) is 19.3 Å². The Bertz CT molecular complexity index is 175. The molecule has 1 aliphatic heterocycles. The van der Waals surface area contributed by atoms with Crippen molar-refractivity contribution in [2.75, 3.05) is 6.54 Å². The molecular formula is C6H14N4O2. The number of hydrazine groups is 1. The van der Waals surface area contributed by atoms with Crippen LogP contribution in [0.15, 0.2) is 0 Å². The van der Waals surface area contributed by atoms with Crippen LogP contribution in [0, 0.1) is 5.92 Å². The second kappa shape index (κ2) is 3.81. The Kier molecular flexibility index (Phi) is 2.99. The van der Waals surface area contributed by atoms with Gasteiger partial charge in [0, 0.05) is 6.54 Å². The Morgan fingerprint density at radius 1 is 1.75 bits per heavy atom. The Labute approximate surface area is 70.5 Å². The van der Waals surface area contributed by atoms with Gasteiger partial charge in [0.25, 0.3) is 0 Å². The summed E-state index contributed by atoms with van der Waals surface area (Å²) in [5, 5.41) is 15.1. The highest BCUT2D eigenvalue weighted by Crippen LogP contribution is 2.05. The average molecular weight is 174 g/mol. The third kappa shape index (κ3) is 1.92. The molecule has 0 radical (unpaired) electrons. The molecule has 1 amide bonds. The van der Waals surface area contributed by atoms with E-state index in [-0.39, 0.29) is 12.1 Å². The Hall–Kier alpha value is -0.690. The summed E-state index contributed by atoms with van der Waals surface area (Å²) >= 11 is 0. The van der Waals surface area contributed by atoms with E-state index in [4.69, 9.17) is 5.84 Å². The minimum absolute atomic E-state index is 0.0156. The molecule has 0 aromatic carbocycles. The van der Waals surface area contributed by atoms with Gasteiger partial charge >= 0.3 is 0 Å². The fraction of sp³-hybridized carbons (Fsp3) is 0.833. The van der Waals surface area contributed by atoms with E-state index in [1.807, 2.05) is 12.3 Å². The van der Waals surface area contributed by atoms with E-state index in [1.165, 1.54) is 0 Å². The molecule has 0 spiro atoms. The van der Waals surface area contributed by atoms with E-state index in [0.717, 1.165) is 0 Å². The fourth-order valence-corrected chi connectivity index (χ4v) is 1.19. The molecule has 0 saturated carbocycles. The van der Waals surface area contributed by atoms with Gasteiger partial charge in [-0.15, -0.1) is 0 Å². The molecule has 6 N–H and O–H groups in total. The highest BCUT2D eigenvalue weighted by molar-refractivity contribution is 5.78. The van der Waals surface area contributed by atoms with Gasteiger partial charge in [-0.3, -0.25) is 15.5 Å².